The molecule has 1 aromatic heterocycles. The molecule has 9 heteroatoms. The second-order valence-corrected chi connectivity index (χ2v) is 5.43. The van der Waals surface area contributed by atoms with Gasteiger partial charge in [-0.15, -0.1) is 24.8 Å². The minimum Gasteiger partial charge on any atom is -0.439 e. The lowest BCUT2D eigenvalue weighted by Gasteiger charge is -2.22. The minimum absolute atomic E-state index is 0. The summed E-state index contributed by atoms with van der Waals surface area (Å²) in [5.74, 6) is 0.881. The number of hydrogen-bond donors (Lipinski definition) is 2. The SMILES string of the molecule is Cl.Cl.O=C(Nc1ccc(Oc2ccc(Cl)cc2)nc1)C1CNCCO1. The molecule has 6 nitrogen and oxygen atoms in total. The Morgan fingerprint density at radius 3 is 2.60 bits per heavy atom. The molecule has 25 heavy (non-hydrogen) atoms. The Kier molecular flexibility index (Phi) is 8.96. The average Bonchev–Trinajstić information content (AvgIpc) is 2.59. The highest BCUT2D eigenvalue weighted by atomic mass is 35.5. The number of nitrogens with one attached hydrogen (secondary N) is 2. The summed E-state index contributed by atoms with van der Waals surface area (Å²) in [6, 6.07) is 10.4. The van der Waals surface area contributed by atoms with Gasteiger partial charge in [0.2, 0.25) is 5.88 Å². The predicted octanol–water partition coefficient (Wildman–Crippen LogP) is 3.30. The topological polar surface area (TPSA) is 72.5 Å². The number of hydrogen-bond acceptors (Lipinski definition) is 5. The third-order valence-corrected chi connectivity index (χ3v) is 3.51. The number of pyridine rings is 1. The first kappa shape index (κ1) is 21.5. The van der Waals surface area contributed by atoms with Gasteiger partial charge in [0, 0.05) is 24.2 Å². The van der Waals surface area contributed by atoms with Gasteiger partial charge in [-0.2, -0.15) is 0 Å². The first-order valence-corrected chi connectivity index (χ1v) is 7.61. The van der Waals surface area contributed by atoms with Crippen LogP contribution in [0.15, 0.2) is 42.6 Å². The lowest BCUT2D eigenvalue weighted by molar-refractivity contribution is -0.128. The average molecular weight is 407 g/mol. The first-order valence-electron chi connectivity index (χ1n) is 7.23. The van der Waals surface area contributed by atoms with Gasteiger partial charge in [-0.25, -0.2) is 4.98 Å². The number of rotatable bonds is 4. The molecule has 0 aliphatic carbocycles. The molecule has 1 aliphatic rings. The van der Waals surface area contributed by atoms with E-state index in [4.69, 9.17) is 21.1 Å². The van der Waals surface area contributed by atoms with Gasteiger partial charge in [-0.3, -0.25) is 4.79 Å². The Labute approximate surface area is 163 Å². The van der Waals surface area contributed by atoms with Crippen LogP contribution in [-0.4, -0.2) is 36.7 Å². The van der Waals surface area contributed by atoms with Gasteiger partial charge in [0.15, 0.2) is 0 Å². The third kappa shape index (κ3) is 6.34. The number of nitrogens with zero attached hydrogens (tertiary/aromatic N) is 1. The van der Waals surface area contributed by atoms with E-state index in [1.54, 1.807) is 42.6 Å². The summed E-state index contributed by atoms with van der Waals surface area (Å²) < 4.78 is 11.0. The number of benzene rings is 1. The van der Waals surface area contributed by atoms with Gasteiger partial charge in [0.05, 0.1) is 18.5 Å². The van der Waals surface area contributed by atoms with E-state index in [0.717, 1.165) is 6.54 Å². The quantitative estimate of drug-likeness (QED) is 0.815. The summed E-state index contributed by atoms with van der Waals surface area (Å²) in [6.45, 7) is 1.81. The van der Waals surface area contributed by atoms with Crippen LogP contribution in [0.3, 0.4) is 0 Å². The van der Waals surface area contributed by atoms with Crippen LogP contribution < -0.4 is 15.4 Å². The maximum Gasteiger partial charge on any atom is 0.254 e. The van der Waals surface area contributed by atoms with Crippen molar-refractivity contribution in [2.75, 3.05) is 25.0 Å². The maximum absolute atomic E-state index is 12.0. The molecule has 2 aromatic rings. The second-order valence-electron chi connectivity index (χ2n) is 4.99. The van der Waals surface area contributed by atoms with Crippen molar-refractivity contribution < 1.29 is 14.3 Å². The van der Waals surface area contributed by atoms with E-state index in [9.17, 15) is 4.79 Å². The van der Waals surface area contributed by atoms with E-state index in [1.165, 1.54) is 0 Å². The standard InChI is InChI=1S/C16H16ClN3O3.2ClH/c17-11-1-4-13(5-2-11)23-15-6-3-12(9-19-15)20-16(21)14-10-18-7-8-22-14;;/h1-6,9,14,18H,7-8,10H2,(H,20,21);2*1H. The van der Waals surface area contributed by atoms with E-state index in [2.05, 4.69) is 15.6 Å². The van der Waals surface area contributed by atoms with Crippen molar-refractivity contribution in [3.8, 4) is 11.6 Å². The summed E-state index contributed by atoms with van der Waals surface area (Å²) in [5.41, 5.74) is 0.590. The molecule has 1 unspecified atom stereocenters. The fourth-order valence-electron chi connectivity index (χ4n) is 2.09. The second kappa shape index (κ2) is 10.4. The van der Waals surface area contributed by atoms with Crippen LogP contribution in [0.4, 0.5) is 5.69 Å². The number of carbonyl (C=O) groups excluding carboxylic acids is 1. The van der Waals surface area contributed by atoms with Gasteiger partial charge < -0.3 is 20.1 Å². The zero-order chi connectivity index (χ0) is 16.1. The molecule has 1 amide bonds. The molecule has 1 saturated heterocycles. The summed E-state index contributed by atoms with van der Waals surface area (Å²) in [7, 11) is 0. The Morgan fingerprint density at radius 1 is 1.24 bits per heavy atom. The van der Waals surface area contributed by atoms with E-state index in [-0.39, 0.29) is 30.7 Å². The fourth-order valence-corrected chi connectivity index (χ4v) is 2.22. The molecule has 136 valence electrons. The predicted molar refractivity (Wildman–Crippen MR) is 101 cm³/mol. The van der Waals surface area contributed by atoms with Gasteiger partial charge in [0.25, 0.3) is 5.91 Å². The highest BCUT2D eigenvalue weighted by Gasteiger charge is 2.21. The van der Waals surface area contributed by atoms with Crippen molar-refractivity contribution in [2.24, 2.45) is 0 Å². The molecular weight excluding hydrogens is 389 g/mol. The molecule has 2 N–H and O–H groups in total. The van der Waals surface area contributed by atoms with Gasteiger partial charge in [-0.1, -0.05) is 11.6 Å². The lowest BCUT2D eigenvalue weighted by atomic mass is 10.3. The Bertz CT molecular complexity index is 663. The zero-order valence-electron chi connectivity index (χ0n) is 13.1. The smallest absolute Gasteiger partial charge is 0.254 e. The molecular formula is C16H18Cl3N3O3. The van der Waals surface area contributed by atoms with Crippen LogP contribution in [0.5, 0.6) is 11.6 Å². The van der Waals surface area contributed by atoms with E-state index in [1.807, 2.05) is 0 Å². The highest BCUT2D eigenvalue weighted by molar-refractivity contribution is 6.30. The first-order chi connectivity index (χ1) is 11.2. The molecule has 3 rings (SSSR count). The van der Waals surface area contributed by atoms with Crippen LogP contribution >= 0.6 is 36.4 Å². The number of halogens is 3. The molecule has 1 fully saturated rings. The Balaban J connectivity index is 0.00000156. The monoisotopic (exact) mass is 405 g/mol. The maximum atomic E-state index is 12.0. The molecule has 0 radical (unpaired) electrons. The molecule has 0 saturated carbocycles. The van der Waals surface area contributed by atoms with Crippen LogP contribution in [0, 0.1) is 0 Å². The summed E-state index contributed by atoms with van der Waals surface area (Å²) in [4.78, 5) is 16.2. The largest absolute Gasteiger partial charge is 0.439 e. The van der Waals surface area contributed by atoms with Gasteiger partial charge in [-0.05, 0) is 30.3 Å². The number of aromatic nitrogens is 1. The molecule has 1 aliphatic heterocycles. The van der Waals surface area contributed by atoms with Crippen molar-refractivity contribution in [3.63, 3.8) is 0 Å². The van der Waals surface area contributed by atoms with Crippen LogP contribution in [0.1, 0.15) is 0 Å². The van der Waals surface area contributed by atoms with Crippen LogP contribution in [-0.2, 0) is 9.53 Å². The Morgan fingerprint density at radius 2 is 2.00 bits per heavy atom. The van der Waals surface area contributed by atoms with Crippen LogP contribution in [0.25, 0.3) is 0 Å². The Hall–Kier alpha value is -1.57. The molecule has 0 spiro atoms. The van der Waals surface area contributed by atoms with Crippen molar-refractivity contribution in [3.05, 3.63) is 47.6 Å². The van der Waals surface area contributed by atoms with Crippen molar-refractivity contribution in [2.45, 2.75) is 6.10 Å². The summed E-state index contributed by atoms with van der Waals surface area (Å²) in [5, 5.41) is 6.52. The fraction of sp³-hybridized carbons (Fsp3) is 0.250. The van der Waals surface area contributed by atoms with Crippen molar-refractivity contribution in [1.29, 1.82) is 0 Å². The van der Waals surface area contributed by atoms with Crippen LogP contribution in [0.2, 0.25) is 5.02 Å². The highest BCUT2D eigenvalue weighted by Crippen LogP contribution is 2.22. The number of amides is 1. The normalized spacial score (nSPS) is 16.1. The van der Waals surface area contributed by atoms with E-state index >= 15 is 0 Å². The number of morpholine rings is 1. The van der Waals surface area contributed by atoms with Gasteiger partial charge in [0.1, 0.15) is 11.9 Å². The van der Waals surface area contributed by atoms with Crippen molar-refractivity contribution >= 4 is 48.0 Å². The van der Waals surface area contributed by atoms with E-state index in [0.29, 0.717) is 35.5 Å². The summed E-state index contributed by atoms with van der Waals surface area (Å²) in [6.07, 6.45) is 1.06. The van der Waals surface area contributed by atoms with E-state index < -0.39 is 6.10 Å². The molecule has 2 heterocycles. The number of carbonyl (C=O) groups is 1. The zero-order valence-corrected chi connectivity index (χ0v) is 15.5. The molecule has 1 aromatic carbocycles. The lowest BCUT2D eigenvalue weighted by Crippen LogP contribution is -2.45. The molecule has 1 atom stereocenters. The third-order valence-electron chi connectivity index (χ3n) is 3.26. The number of ether oxygens (including phenoxy) is 2. The minimum atomic E-state index is -0.478. The molecule has 0 bridgehead atoms. The van der Waals surface area contributed by atoms with Gasteiger partial charge >= 0.3 is 0 Å². The number of anilines is 1. The summed E-state index contributed by atoms with van der Waals surface area (Å²) >= 11 is 5.82. The van der Waals surface area contributed by atoms with Crippen molar-refractivity contribution in [1.82, 2.24) is 10.3 Å².